The van der Waals surface area contributed by atoms with Gasteiger partial charge in [-0.3, -0.25) is 4.57 Å². The van der Waals surface area contributed by atoms with Crippen LogP contribution in [0.4, 0.5) is 10.5 Å². The molecule has 0 unspecified atom stereocenters. The molecule has 0 saturated carbocycles. The second kappa shape index (κ2) is 5.43. The summed E-state index contributed by atoms with van der Waals surface area (Å²) in [7, 11) is -0.625. The van der Waals surface area contributed by atoms with E-state index in [0.29, 0.717) is 5.69 Å². The number of carbonyl (C=O) groups is 1. The van der Waals surface area contributed by atoms with Gasteiger partial charge in [-0.15, -0.1) is 0 Å². The topological polar surface area (TPSA) is 84.3 Å². The molecule has 1 amide bonds. The Morgan fingerprint density at radius 3 is 2.70 bits per heavy atom. The molecule has 1 heterocycles. The Morgan fingerprint density at radius 2 is 2.10 bits per heavy atom. The number of nitrogens with one attached hydrogen (secondary N) is 1. The van der Waals surface area contributed by atoms with Gasteiger partial charge in [0.2, 0.25) is 10.0 Å². The zero-order valence-corrected chi connectivity index (χ0v) is 11.8. The lowest BCUT2D eigenvalue weighted by Crippen LogP contribution is -2.22. The fraction of sp³-hybridized carbons (Fsp3) is 0.167. The summed E-state index contributed by atoms with van der Waals surface area (Å²) in [6.07, 6.45) is 4.33. The SMILES string of the molecule is CN(C)S(=O)(=O)c1cccc(NC(=O)n2ccnc2)c1. The Balaban J connectivity index is 2.25. The highest BCUT2D eigenvalue weighted by Crippen LogP contribution is 2.18. The number of aromatic nitrogens is 2. The van der Waals surface area contributed by atoms with Crippen LogP contribution >= 0.6 is 0 Å². The lowest BCUT2D eigenvalue weighted by atomic mass is 10.3. The van der Waals surface area contributed by atoms with Gasteiger partial charge < -0.3 is 5.32 Å². The highest BCUT2D eigenvalue weighted by molar-refractivity contribution is 7.89. The van der Waals surface area contributed by atoms with E-state index in [0.717, 1.165) is 4.31 Å². The largest absolute Gasteiger partial charge is 0.331 e. The normalized spacial score (nSPS) is 11.6. The van der Waals surface area contributed by atoms with Crippen molar-refractivity contribution in [2.45, 2.75) is 4.90 Å². The van der Waals surface area contributed by atoms with Gasteiger partial charge in [0.05, 0.1) is 4.90 Å². The van der Waals surface area contributed by atoms with Crippen LogP contribution in [0.25, 0.3) is 0 Å². The summed E-state index contributed by atoms with van der Waals surface area (Å²) in [5.74, 6) is 0. The number of anilines is 1. The van der Waals surface area contributed by atoms with Gasteiger partial charge in [0.25, 0.3) is 0 Å². The number of hydrogen-bond acceptors (Lipinski definition) is 4. The maximum Gasteiger partial charge on any atom is 0.331 e. The summed E-state index contributed by atoms with van der Waals surface area (Å²) in [5, 5.41) is 2.60. The molecule has 0 aliphatic heterocycles. The number of sulfonamides is 1. The summed E-state index contributed by atoms with van der Waals surface area (Å²) < 4.78 is 26.4. The number of carbonyl (C=O) groups excluding carboxylic acids is 1. The van der Waals surface area contributed by atoms with Crippen LogP contribution < -0.4 is 5.32 Å². The molecule has 106 valence electrons. The molecule has 7 nitrogen and oxygen atoms in total. The fourth-order valence-electron chi connectivity index (χ4n) is 1.51. The zero-order chi connectivity index (χ0) is 14.8. The average Bonchev–Trinajstić information content (AvgIpc) is 2.92. The zero-order valence-electron chi connectivity index (χ0n) is 11.0. The van der Waals surface area contributed by atoms with E-state index in [9.17, 15) is 13.2 Å². The Morgan fingerprint density at radius 1 is 1.35 bits per heavy atom. The first-order chi connectivity index (χ1) is 9.41. The second-order valence-corrected chi connectivity index (χ2v) is 6.37. The summed E-state index contributed by atoms with van der Waals surface area (Å²) in [5.41, 5.74) is 0.395. The van der Waals surface area contributed by atoms with Crippen molar-refractivity contribution in [3.8, 4) is 0 Å². The van der Waals surface area contributed by atoms with Gasteiger partial charge in [-0.2, -0.15) is 0 Å². The molecule has 0 aliphatic carbocycles. The van der Waals surface area contributed by atoms with Crippen molar-refractivity contribution < 1.29 is 13.2 Å². The third-order valence-electron chi connectivity index (χ3n) is 2.60. The van der Waals surface area contributed by atoms with Crippen LogP contribution in [0, 0.1) is 0 Å². The Labute approximate surface area is 116 Å². The second-order valence-electron chi connectivity index (χ2n) is 4.22. The third-order valence-corrected chi connectivity index (χ3v) is 4.41. The van der Waals surface area contributed by atoms with Crippen molar-refractivity contribution in [3.05, 3.63) is 43.0 Å². The summed E-state index contributed by atoms with van der Waals surface area (Å²) >= 11 is 0. The van der Waals surface area contributed by atoms with Crippen molar-refractivity contribution in [1.29, 1.82) is 0 Å². The first-order valence-corrected chi connectivity index (χ1v) is 7.17. The molecule has 1 aromatic carbocycles. The van der Waals surface area contributed by atoms with Crippen molar-refractivity contribution in [1.82, 2.24) is 13.9 Å². The maximum atomic E-state index is 12.0. The van der Waals surface area contributed by atoms with Gasteiger partial charge in [0, 0.05) is 32.2 Å². The van der Waals surface area contributed by atoms with E-state index < -0.39 is 16.1 Å². The molecular weight excluding hydrogens is 280 g/mol. The first kappa shape index (κ1) is 14.2. The van der Waals surface area contributed by atoms with E-state index in [1.54, 1.807) is 12.1 Å². The Hall–Kier alpha value is -2.19. The van der Waals surface area contributed by atoms with Crippen molar-refractivity contribution in [3.63, 3.8) is 0 Å². The average molecular weight is 294 g/mol. The van der Waals surface area contributed by atoms with Crippen molar-refractivity contribution >= 4 is 21.7 Å². The highest BCUT2D eigenvalue weighted by atomic mass is 32.2. The Kier molecular flexibility index (Phi) is 3.86. The van der Waals surface area contributed by atoms with E-state index in [4.69, 9.17) is 0 Å². The first-order valence-electron chi connectivity index (χ1n) is 5.73. The van der Waals surface area contributed by atoms with E-state index in [2.05, 4.69) is 10.3 Å². The van der Waals surface area contributed by atoms with Crippen LogP contribution in [0.2, 0.25) is 0 Å². The molecule has 0 spiro atoms. The lowest BCUT2D eigenvalue weighted by Gasteiger charge is -2.12. The number of benzene rings is 1. The summed E-state index contributed by atoms with van der Waals surface area (Å²) in [4.78, 5) is 15.7. The van der Waals surface area contributed by atoms with Gasteiger partial charge in [-0.1, -0.05) is 6.07 Å². The minimum atomic E-state index is -3.53. The molecule has 0 atom stereocenters. The number of hydrogen-bond donors (Lipinski definition) is 1. The third kappa shape index (κ3) is 2.86. The quantitative estimate of drug-likeness (QED) is 0.922. The van der Waals surface area contributed by atoms with Crippen LogP contribution in [-0.4, -0.2) is 42.4 Å². The number of nitrogens with zero attached hydrogens (tertiary/aromatic N) is 3. The predicted molar refractivity (Wildman–Crippen MR) is 74.0 cm³/mol. The smallest absolute Gasteiger partial charge is 0.307 e. The van der Waals surface area contributed by atoms with Gasteiger partial charge in [-0.05, 0) is 18.2 Å². The molecule has 1 aromatic heterocycles. The summed E-state index contributed by atoms with van der Waals surface area (Å²) in [6.45, 7) is 0. The minimum Gasteiger partial charge on any atom is -0.307 e. The van der Waals surface area contributed by atoms with E-state index in [-0.39, 0.29) is 4.90 Å². The molecule has 0 fully saturated rings. The van der Waals surface area contributed by atoms with Crippen LogP contribution in [-0.2, 0) is 10.0 Å². The molecule has 0 bridgehead atoms. The lowest BCUT2D eigenvalue weighted by molar-refractivity contribution is 0.253. The van der Waals surface area contributed by atoms with Crippen LogP contribution in [0.15, 0.2) is 47.9 Å². The van der Waals surface area contributed by atoms with Crippen LogP contribution in [0.1, 0.15) is 0 Å². The summed E-state index contributed by atoms with van der Waals surface area (Å²) in [6, 6.07) is 5.65. The molecule has 0 saturated heterocycles. The van der Waals surface area contributed by atoms with Gasteiger partial charge in [0.15, 0.2) is 0 Å². The molecule has 0 radical (unpaired) electrons. The van der Waals surface area contributed by atoms with Gasteiger partial charge in [-0.25, -0.2) is 22.5 Å². The number of imidazole rings is 1. The molecule has 8 heteroatoms. The number of amides is 1. The highest BCUT2D eigenvalue weighted by Gasteiger charge is 2.17. The monoisotopic (exact) mass is 294 g/mol. The standard InChI is InChI=1S/C12H14N4O3S/c1-15(2)20(18,19)11-5-3-4-10(8-11)14-12(17)16-7-6-13-9-16/h3-9H,1-2H3,(H,14,17). The minimum absolute atomic E-state index is 0.117. The fourth-order valence-corrected chi connectivity index (χ4v) is 2.46. The Bertz CT molecular complexity index is 708. The predicted octanol–water partition coefficient (Wildman–Crippen LogP) is 1.21. The van der Waals surface area contributed by atoms with Crippen LogP contribution in [0.3, 0.4) is 0 Å². The number of rotatable bonds is 3. The molecule has 20 heavy (non-hydrogen) atoms. The van der Waals surface area contributed by atoms with E-state index >= 15 is 0 Å². The van der Waals surface area contributed by atoms with Crippen molar-refractivity contribution in [2.24, 2.45) is 0 Å². The van der Waals surface area contributed by atoms with Gasteiger partial charge in [0.1, 0.15) is 6.33 Å². The van der Waals surface area contributed by atoms with E-state index in [1.807, 2.05) is 0 Å². The van der Waals surface area contributed by atoms with Gasteiger partial charge >= 0.3 is 6.03 Å². The maximum absolute atomic E-state index is 12.0. The molecular formula is C12H14N4O3S. The molecule has 2 rings (SSSR count). The molecule has 0 aliphatic rings. The van der Waals surface area contributed by atoms with Crippen molar-refractivity contribution in [2.75, 3.05) is 19.4 Å². The molecule has 2 aromatic rings. The van der Waals surface area contributed by atoms with E-state index in [1.165, 1.54) is 49.5 Å². The van der Waals surface area contributed by atoms with Crippen LogP contribution in [0.5, 0.6) is 0 Å². The molecule has 1 N–H and O–H groups in total.